The molecule has 0 bridgehead atoms. The summed E-state index contributed by atoms with van der Waals surface area (Å²) < 4.78 is 0. The first-order valence-corrected chi connectivity index (χ1v) is 8.81. The number of thioether (sulfide) groups is 1. The molecule has 0 radical (unpaired) electrons. The molecule has 0 aromatic heterocycles. The Morgan fingerprint density at radius 1 is 1.08 bits per heavy atom. The van der Waals surface area contributed by atoms with Crippen LogP contribution in [-0.4, -0.2) is 23.2 Å². The lowest BCUT2D eigenvalue weighted by molar-refractivity contribution is -0.115. The molecule has 1 amide bonds. The minimum atomic E-state index is -0.195. The van der Waals surface area contributed by atoms with Crippen LogP contribution in [0.3, 0.4) is 0 Å². The maximum absolute atomic E-state index is 12.0. The molecule has 0 aliphatic carbocycles. The zero-order valence-corrected chi connectivity index (χ0v) is 16.3. The molecule has 0 spiro atoms. The number of nitrogens with zero attached hydrogens (tertiary/aromatic N) is 1. The Hall–Kier alpha value is -1.75. The van der Waals surface area contributed by atoms with Gasteiger partial charge in [-0.05, 0) is 46.4 Å². The van der Waals surface area contributed by atoms with Crippen LogP contribution in [0.4, 0.5) is 0 Å². The van der Waals surface area contributed by atoms with Crippen LogP contribution in [0.2, 0.25) is 0 Å². The normalized spacial score (nSPS) is 19.2. The van der Waals surface area contributed by atoms with Gasteiger partial charge in [-0.25, -0.2) is 0 Å². The van der Waals surface area contributed by atoms with Crippen LogP contribution < -0.4 is 5.32 Å². The van der Waals surface area contributed by atoms with Crippen molar-refractivity contribution in [2.45, 2.75) is 52.4 Å². The van der Waals surface area contributed by atoms with Crippen molar-refractivity contribution in [1.29, 1.82) is 0 Å². The van der Waals surface area contributed by atoms with E-state index in [9.17, 15) is 9.90 Å². The average Bonchev–Trinajstić information content (AvgIpc) is 2.78. The van der Waals surface area contributed by atoms with E-state index in [-0.39, 0.29) is 16.7 Å². The number of carbonyl (C=O) groups excluding carboxylic acids is 1. The summed E-state index contributed by atoms with van der Waals surface area (Å²) in [6.07, 6.45) is 1.86. The van der Waals surface area contributed by atoms with Gasteiger partial charge in [-0.3, -0.25) is 9.79 Å². The van der Waals surface area contributed by atoms with Gasteiger partial charge in [0.2, 0.25) is 0 Å². The van der Waals surface area contributed by atoms with Crippen LogP contribution in [0.5, 0.6) is 5.75 Å². The first kappa shape index (κ1) is 18.6. The number of aromatic hydroxyl groups is 1. The van der Waals surface area contributed by atoms with Crippen molar-refractivity contribution in [3.05, 3.63) is 33.7 Å². The Bertz CT molecular complexity index is 700. The second-order valence-corrected chi connectivity index (χ2v) is 9.09. The fourth-order valence-electron chi connectivity index (χ4n) is 2.57. The van der Waals surface area contributed by atoms with E-state index >= 15 is 0 Å². The molecule has 0 unspecified atom stereocenters. The number of rotatable bonds is 1. The van der Waals surface area contributed by atoms with Crippen LogP contribution in [0, 0.1) is 0 Å². The molecule has 1 aliphatic rings. The number of nitrogens with one attached hydrogen (secondary N) is 1. The van der Waals surface area contributed by atoms with Gasteiger partial charge in [0.1, 0.15) is 5.75 Å². The van der Waals surface area contributed by atoms with Gasteiger partial charge >= 0.3 is 0 Å². The van der Waals surface area contributed by atoms with E-state index in [1.165, 1.54) is 11.8 Å². The minimum Gasteiger partial charge on any atom is -0.507 e. The van der Waals surface area contributed by atoms with Gasteiger partial charge in [0.25, 0.3) is 5.91 Å². The van der Waals surface area contributed by atoms with Gasteiger partial charge in [0.05, 0.1) is 4.91 Å². The standard InChI is InChI=1S/C19H26N2O2S/c1-18(2,3)12-8-11(9-13(15(12)22)19(4,5)6)10-14-16(23)21-17(20-7)24-14/h8-10,22H,1-7H3,(H,20,21,23)/b14-10-. The molecule has 24 heavy (non-hydrogen) atoms. The number of amidine groups is 1. The molecule has 130 valence electrons. The number of phenols is 1. The van der Waals surface area contributed by atoms with Crippen LogP contribution in [0.15, 0.2) is 22.0 Å². The van der Waals surface area contributed by atoms with E-state index in [0.29, 0.717) is 15.8 Å². The van der Waals surface area contributed by atoms with E-state index in [4.69, 9.17) is 0 Å². The van der Waals surface area contributed by atoms with Crippen molar-refractivity contribution in [1.82, 2.24) is 5.32 Å². The highest BCUT2D eigenvalue weighted by molar-refractivity contribution is 8.18. The van der Waals surface area contributed by atoms with Gasteiger partial charge in [-0.15, -0.1) is 0 Å². The van der Waals surface area contributed by atoms with Gasteiger partial charge in [-0.1, -0.05) is 41.5 Å². The quantitative estimate of drug-likeness (QED) is 0.750. The van der Waals surface area contributed by atoms with E-state index in [2.05, 4.69) is 51.9 Å². The molecule has 1 heterocycles. The highest BCUT2D eigenvalue weighted by Gasteiger charge is 2.27. The van der Waals surface area contributed by atoms with Crippen molar-refractivity contribution in [3.63, 3.8) is 0 Å². The highest BCUT2D eigenvalue weighted by Crippen LogP contribution is 2.40. The molecule has 4 nitrogen and oxygen atoms in total. The van der Waals surface area contributed by atoms with Crippen molar-refractivity contribution in [2.75, 3.05) is 7.05 Å². The third kappa shape index (κ3) is 3.83. The number of aliphatic imine (C=N–C) groups is 1. The van der Waals surface area contributed by atoms with E-state index in [1.807, 2.05) is 18.2 Å². The molecular formula is C19H26N2O2S. The average molecular weight is 346 g/mol. The zero-order valence-electron chi connectivity index (χ0n) is 15.4. The van der Waals surface area contributed by atoms with Crippen LogP contribution in [0.25, 0.3) is 6.08 Å². The van der Waals surface area contributed by atoms with Crippen LogP contribution in [0.1, 0.15) is 58.2 Å². The van der Waals surface area contributed by atoms with Crippen molar-refractivity contribution >= 4 is 28.9 Å². The topological polar surface area (TPSA) is 61.7 Å². The molecule has 1 saturated heterocycles. The summed E-state index contributed by atoms with van der Waals surface area (Å²) in [7, 11) is 1.65. The molecule has 5 heteroatoms. The summed E-state index contributed by atoms with van der Waals surface area (Å²) in [4.78, 5) is 16.7. The molecule has 1 aromatic rings. The van der Waals surface area contributed by atoms with Crippen molar-refractivity contribution < 1.29 is 9.90 Å². The monoisotopic (exact) mass is 346 g/mol. The van der Waals surface area contributed by atoms with Gasteiger partial charge in [0.15, 0.2) is 5.17 Å². The second kappa shape index (κ2) is 6.28. The number of phenolic OH excluding ortho intramolecular Hbond substituents is 1. The summed E-state index contributed by atoms with van der Waals surface area (Å²) >= 11 is 1.33. The summed E-state index contributed by atoms with van der Waals surface area (Å²) in [5.41, 5.74) is 2.29. The Labute approximate surface area is 148 Å². The lowest BCUT2D eigenvalue weighted by Crippen LogP contribution is -2.19. The SMILES string of the molecule is CN=C1NC(=O)/C(=C/c2cc(C(C)(C)C)c(O)c(C(C)(C)C)c2)S1. The molecule has 1 fully saturated rings. The van der Waals surface area contributed by atoms with Crippen molar-refractivity contribution in [3.8, 4) is 5.75 Å². The predicted molar refractivity (Wildman–Crippen MR) is 103 cm³/mol. The Kier molecular flexibility index (Phi) is 4.86. The smallest absolute Gasteiger partial charge is 0.264 e. The van der Waals surface area contributed by atoms with E-state index in [1.54, 1.807) is 7.05 Å². The van der Waals surface area contributed by atoms with Gasteiger partial charge < -0.3 is 10.4 Å². The number of benzene rings is 1. The Morgan fingerprint density at radius 3 is 1.96 bits per heavy atom. The molecule has 2 rings (SSSR count). The number of hydrogen-bond donors (Lipinski definition) is 2. The maximum Gasteiger partial charge on any atom is 0.264 e. The lowest BCUT2D eigenvalue weighted by atomic mass is 9.78. The number of amides is 1. The summed E-state index contributed by atoms with van der Waals surface area (Å²) in [6, 6.07) is 3.93. The molecular weight excluding hydrogens is 320 g/mol. The highest BCUT2D eigenvalue weighted by atomic mass is 32.2. The van der Waals surface area contributed by atoms with Crippen LogP contribution >= 0.6 is 11.8 Å². The molecule has 1 aliphatic heterocycles. The zero-order chi connectivity index (χ0) is 18.3. The fraction of sp³-hybridized carbons (Fsp3) is 0.474. The number of carbonyl (C=O) groups is 1. The third-order valence-corrected chi connectivity index (χ3v) is 4.90. The molecule has 1 aromatic carbocycles. The summed E-state index contributed by atoms with van der Waals surface area (Å²) in [6.45, 7) is 12.4. The Morgan fingerprint density at radius 2 is 1.58 bits per heavy atom. The van der Waals surface area contributed by atoms with Gasteiger partial charge in [0, 0.05) is 18.2 Å². The summed E-state index contributed by atoms with van der Waals surface area (Å²) in [5, 5.41) is 14.1. The third-order valence-electron chi connectivity index (χ3n) is 3.90. The lowest BCUT2D eigenvalue weighted by Gasteiger charge is -2.28. The number of hydrogen-bond acceptors (Lipinski definition) is 4. The van der Waals surface area contributed by atoms with E-state index < -0.39 is 0 Å². The molecule has 2 N–H and O–H groups in total. The fourth-order valence-corrected chi connectivity index (χ4v) is 3.35. The molecule has 0 atom stereocenters. The first-order chi connectivity index (χ1) is 10.9. The van der Waals surface area contributed by atoms with Gasteiger partial charge in [-0.2, -0.15) is 0 Å². The summed E-state index contributed by atoms with van der Waals surface area (Å²) in [5.74, 6) is 0.208. The van der Waals surface area contributed by atoms with Crippen LogP contribution in [-0.2, 0) is 15.6 Å². The largest absolute Gasteiger partial charge is 0.507 e. The molecule has 0 saturated carbocycles. The minimum absolute atomic E-state index is 0.136. The second-order valence-electron chi connectivity index (χ2n) is 8.06. The van der Waals surface area contributed by atoms with E-state index in [0.717, 1.165) is 16.7 Å². The maximum atomic E-state index is 12.0. The van der Waals surface area contributed by atoms with Crippen molar-refractivity contribution in [2.24, 2.45) is 4.99 Å². The first-order valence-electron chi connectivity index (χ1n) is 7.99. The predicted octanol–water partition coefficient (Wildman–Crippen LogP) is 4.18. The Balaban J connectivity index is 2.62.